The van der Waals surface area contributed by atoms with Crippen LogP contribution in [0, 0.1) is 0 Å². The zero-order valence-electron chi connectivity index (χ0n) is 14.3. The van der Waals surface area contributed by atoms with Gasteiger partial charge in [0.1, 0.15) is 5.75 Å². The summed E-state index contributed by atoms with van der Waals surface area (Å²) in [6, 6.07) is 8.89. The number of hydrogen-bond donors (Lipinski definition) is 4. The Balaban J connectivity index is 1.66. The number of aromatic hydroxyl groups is 1. The van der Waals surface area contributed by atoms with Crippen molar-refractivity contribution in [2.45, 2.75) is 37.8 Å². The van der Waals surface area contributed by atoms with Gasteiger partial charge in [0.2, 0.25) is 0 Å². The van der Waals surface area contributed by atoms with E-state index in [1.165, 1.54) is 0 Å². The first-order valence-electron chi connectivity index (χ1n) is 8.80. The number of nitrogens with zero attached hydrogens (tertiary/aromatic N) is 2. The molecule has 26 heavy (non-hydrogen) atoms. The molecule has 0 radical (unpaired) electrons. The summed E-state index contributed by atoms with van der Waals surface area (Å²) < 4.78 is 0. The number of phenols is 1. The van der Waals surface area contributed by atoms with E-state index in [-0.39, 0.29) is 23.7 Å². The Labute approximate surface area is 150 Å². The molecule has 7 heteroatoms. The third-order valence-electron chi connectivity index (χ3n) is 4.94. The van der Waals surface area contributed by atoms with Gasteiger partial charge in [-0.3, -0.25) is 9.89 Å². The molecular formula is C19H21N5O2. The number of pyridine rings is 1. The number of rotatable bonds is 3. The minimum atomic E-state index is -0.126. The highest BCUT2D eigenvalue weighted by atomic mass is 16.3. The molecule has 3 aromatic rings. The van der Waals surface area contributed by atoms with Crippen LogP contribution in [-0.2, 0) is 0 Å². The molecule has 4 rings (SSSR count). The summed E-state index contributed by atoms with van der Waals surface area (Å²) in [4.78, 5) is 17.4. The van der Waals surface area contributed by atoms with E-state index in [1.807, 2.05) is 0 Å². The van der Waals surface area contributed by atoms with Crippen LogP contribution in [0.25, 0.3) is 22.3 Å². The molecule has 2 heterocycles. The van der Waals surface area contributed by atoms with Gasteiger partial charge in [-0.2, -0.15) is 5.10 Å². The van der Waals surface area contributed by atoms with E-state index in [9.17, 15) is 9.90 Å². The number of amides is 1. The standard InChI is InChI=1S/C19H21N5O2/c20-12-3-5-13(6-4-12)22-19(26)15-9-17(11-1-7-14(25)8-2-11)23-18-16(15)10-21-24-18/h1-2,7-10,12-13,25H,3-6,20H2,(H,22,26)(H,21,23,24)/t12-,13+. The molecule has 2 aromatic heterocycles. The zero-order chi connectivity index (χ0) is 18.1. The summed E-state index contributed by atoms with van der Waals surface area (Å²) in [5.41, 5.74) is 8.51. The van der Waals surface area contributed by atoms with Gasteiger partial charge in [-0.25, -0.2) is 4.98 Å². The number of phenolic OH excluding ortho intramolecular Hbond substituents is 1. The molecule has 1 aliphatic carbocycles. The quantitative estimate of drug-likeness (QED) is 0.578. The highest BCUT2D eigenvalue weighted by molar-refractivity contribution is 6.06. The van der Waals surface area contributed by atoms with Crippen molar-refractivity contribution in [3.05, 3.63) is 42.1 Å². The highest BCUT2D eigenvalue weighted by Gasteiger charge is 2.22. The first kappa shape index (κ1) is 16.5. The average Bonchev–Trinajstić information content (AvgIpc) is 3.12. The van der Waals surface area contributed by atoms with Gasteiger partial charge in [0.15, 0.2) is 5.65 Å². The number of nitrogens with one attached hydrogen (secondary N) is 2. The monoisotopic (exact) mass is 351 g/mol. The number of carbonyl (C=O) groups excluding carboxylic acids is 1. The van der Waals surface area contributed by atoms with Crippen LogP contribution >= 0.6 is 0 Å². The van der Waals surface area contributed by atoms with Crippen LogP contribution in [-0.4, -0.2) is 38.3 Å². The summed E-state index contributed by atoms with van der Waals surface area (Å²) in [6.45, 7) is 0. The van der Waals surface area contributed by atoms with Gasteiger partial charge in [0, 0.05) is 17.6 Å². The van der Waals surface area contributed by atoms with Crippen LogP contribution in [0.15, 0.2) is 36.5 Å². The van der Waals surface area contributed by atoms with E-state index in [0.29, 0.717) is 22.3 Å². The number of H-pyrrole nitrogens is 1. The smallest absolute Gasteiger partial charge is 0.252 e. The zero-order valence-corrected chi connectivity index (χ0v) is 14.3. The first-order chi connectivity index (χ1) is 12.6. The normalized spacial score (nSPS) is 20.2. The summed E-state index contributed by atoms with van der Waals surface area (Å²) in [6.07, 6.45) is 5.28. The van der Waals surface area contributed by atoms with Crippen molar-refractivity contribution in [1.29, 1.82) is 0 Å². The van der Waals surface area contributed by atoms with Gasteiger partial charge in [-0.1, -0.05) is 0 Å². The molecule has 1 aliphatic rings. The summed E-state index contributed by atoms with van der Waals surface area (Å²) in [7, 11) is 0. The fourth-order valence-corrected chi connectivity index (χ4v) is 3.42. The Hall–Kier alpha value is -2.93. The Morgan fingerprint density at radius 2 is 1.92 bits per heavy atom. The SMILES string of the molecule is N[C@H]1CC[C@@H](NC(=O)c2cc(-c3ccc(O)cc3)nc3[nH]ncc23)CC1. The van der Waals surface area contributed by atoms with E-state index in [4.69, 9.17) is 5.73 Å². The Bertz CT molecular complexity index is 927. The molecule has 7 nitrogen and oxygen atoms in total. The molecule has 0 aliphatic heterocycles. The molecule has 1 fully saturated rings. The number of fused-ring (bicyclic) bond motifs is 1. The second-order valence-corrected chi connectivity index (χ2v) is 6.82. The van der Waals surface area contributed by atoms with Crippen LogP contribution in [0.5, 0.6) is 5.75 Å². The Kier molecular flexibility index (Phi) is 4.30. The molecule has 1 amide bonds. The van der Waals surface area contributed by atoms with Crippen LogP contribution < -0.4 is 11.1 Å². The van der Waals surface area contributed by atoms with E-state index >= 15 is 0 Å². The third kappa shape index (κ3) is 3.25. The molecule has 0 unspecified atom stereocenters. The predicted octanol–water partition coefficient (Wildman–Crippen LogP) is 2.33. The summed E-state index contributed by atoms with van der Waals surface area (Å²) >= 11 is 0. The van der Waals surface area contributed by atoms with Gasteiger partial charge in [-0.05, 0) is 56.0 Å². The average molecular weight is 351 g/mol. The van der Waals surface area contributed by atoms with Gasteiger partial charge in [-0.15, -0.1) is 0 Å². The highest BCUT2D eigenvalue weighted by Crippen LogP contribution is 2.26. The van der Waals surface area contributed by atoms with Crippen molar-refractivity contribution < 1.29 is 9.90 Å². The molecule has 0 atom stereocenters. The van der Waals surface area contributed by atoms with Crippen LogP contribution in [0.3, 0.4) is 0 Å². The van der Waals surface area contributed by atoms with Crippen molar-refractivity contribution in [3.8, 4) is 17.0 Å². The molecule has 0 saturated heterocycles. The Morgan fingerprint density at radius 3 is 2.65 bits per heavy atom. The van der Waals surface area contributed by atoms with E-state index in [2.05, 4.69) is 20.5 Å². The number of aromatic amines is 1. The fourth-order valence-electron chi connectivity index (χ4n) is 3.42. The third-order valence-corrected chi connectivity index (χ3v) is 4.94. The van der Waals surface area contributed by atoms with Crippen molar-refractivity contribution in [1.82, 2.24) is 20.5 Å². The van der Waals surface area contributed by atoms with Crippen molar-refractivity contribution in [3.63, 3.8) is 0 Å². The van der Waals surface area contributed by atoms with Crippen molar-refractivity contribution in [2.24, 2.45) is 5.73 Å². The van der Waals surface area contributed by atoms with Crippen molar-refractivity contribution >= 4 is 16.9 Å². The first-order valence-corrected chi connectivity index (χ1v) is 8.80. The number of carbonyl (C=O) groups is 1. The second-order valence-electron chi connectivity index (χ2n) is 6.82. The van der Waals surface area contributed by atoms with Gasteiger partial charge >= 0.3 is 0 Å². The van der Waals surface area contributed by atoms with Gasteiger partial charge in [0.25, 0.3) is 5.91 Å². The molecule has 5 N–H and O–H groups in total. The molecular weight excluding hydrogens is 330 g/mol. The lowest BCUT2D eigenvalue weighted by Crippen LogP contribution is -2.40. The minimum absolute atomic E-state index is 0.126. The summed E-state index contributed by atoms with van der Waals surface area (Å²) in [5, 5.41) is 20.2. The lowest BCUT2D eigenvalue weighted by molar-refractivity contribution is 0.0927. The molecule has 1 aromatic carbocycles. The maximum Gasteiger partial charge on any atom is 0.252 e. The number of hydrogen-bond acceptors (Lipinski definition) is 5. The maximum absolute atomic E-state index is 12.9. The maximum atomic E-state index is 12.9. The van der Waals surface area contributed by atoms with Gasteiger partial charge in [0.05, 0.1) is 22.8 Å². The molecule has 0 spiro atoms. The molecule has 0 bridgehead atoms. The van der Waals surface area contributed by atoms with E-state index in [0.717, 1.165) is 31.2 Å². The van der Waals surface area contributed by atoms with Crippen LogP contribution in [0.1, 0.15) is 36.0 Å². The minimum Gasteiger partial charge on any atom is -0.508 e. The number of benzene rings is 1. The fraction of sp³-hybridized carbons (Fsp3) is 0.316. The molecule has 134 valence electrons. The predicted molar refractivity (Wildman–Crippen MR) is 98.7 cm³/mol. The second kappa shape index (κ2) is 6.76. The molecule has 1 saturated carbocycles. The van der Waals surface area contributed by atoms with E-state index < -0.39 is 0 Å². The largest absolute Gasteiger partial charge is 0.508 e. The lowest BCUT2D eigenvalue weighted by atomic mass is 9.91. The van der Waals surface area contributed by atoms with Crippen molar-refractivity contribution in [2.75, 3.05) is 0 Å². The topological polar surface area (TPSA) is 117 Å². The lowest BCUT2D eigenvalue weighted by Gasteiger charge is -2.26. The number of aromatic nitrogens is 3. The van der Waals surface area contributed by atoms with Crippen LogP contribution in [0.2, 0.25) is 0 Å². The van der Waals surface area contributed by atoms with Gasteiger partial charge < -0.3 is 16.2 Å². The Morgan fingerprint density at radius 1 is 1.19 bits per heavy atom. The van der Waals surface area contributed by atoms with Crippen LogP contribution in [0.4, 0.5) is 0 Å². The summed E-state index contributed by atoms with van der Waals surface area (Å²) in [5.74, 6) is 0.0594. The van der Waals surface area contributed by atoms with E-state index in [1.54, 1.807) is 36.5 Å². The number of nitrogens with two attached hydrogens (primary N) is 1.